The van der Waals surface area contributed by atoms with Gasteiger partial charge < -0.3 is 15.4 Å². The molecular weight excluding hydrogens is 244 g/mol. The van der Waals surface area contributed by atoms with E-state index in [1.54, 1.807) is 18.2 Å². The molecule has 1 heterocycles. The van der Waals surface area contributed by atoms with E-state index in [2.05, 4.69) is 15.6 Å². The number of pyridine rings is 1. The third kappa shape index (κ3) is 6.27. The van der Waals surface area contributed by atoms with Crippen LogP contribution in [0.3, 0.4) is 0 Å². The highest BCUT2D eigenvalue weighted by Gasteiger charge is 2.15. The van der Waals surface area contributed by atoms with Crippen molar-refractivity contribution in [3.63, 3.8) is 0 Å². The Bertz CT molecular complexity index is 474. The van der Waals surface area contributed by atoms with Crippen LogP contribution in [0, 0.1) is 11.3 Å². The molecule has 1 amide bonds. The highest BCUT2D eigenvalue weighted by molar-refractivity contribution is 5.67. The van der Waals surface area contributed by atoms with E-state index in [9.17, 15) is 4.79 Å². The fourth-order valence-corrected chi connectivity index (χ4v) is 1.26. The van der Waals surface area contributed by atoms with Gasteiger partial charge in [-0.05, 0) is 32.9 Å². The molecule has 0 bridgehead atoms. The number of nitrogens with zero attached hydrogens (tertiary/aromatic N) is 2. The summed E-state index contributed by atoms with van der Waals surface area (Å²) in [6.07, 6.45) is -0.451. The second-order valence-electron chi connectivity index (χ2n) is 4.88. The van der Waals surface area contributed by atoms with Gasteiger partial charge in [-0.2, -0.15) is 5.26 Å². The number of rotatable bonds is 4. The second kappa shape index (κ2) is 6.59. The Labute approximate surface area is 112 Å². The standard InChI is InChI=1S/C13H18N4O2/c1-13(2,3)19-12(18)16-8-7-15-11-6-4-5-10(9-14)17-11/h4-6H,7-8H2,1-3H3,(H,15,17)(H,16,18). The minimum Gasteiger partial charge on any atom is -0.444 e. The number of carbonyl (C=O) groups excluding carboxylic acids is 1. The summed E-state index contributed by atoms with van der Waals surface area (Å²) >= 11 is 0. The maximum atomic E-state index is 11.4. The average molecular weight is 262 g/mol. The van der Waals surface area contributed by atoms with Crippen molar-refractivity contribution < 1.29 is 9.53 Å². The van der Waals surface area contributed by atoms with Crippen molar-refractivity contribution in [1.82, 2.24) is 10.3 Å². The normalized spacial score (nSPS) is 10.4. The lowest BCUT2D eigenvalue weighted by molar-refractivity contribution is 0.0530. The zero-order valence-electron chi connectivity index (χ0n) is 11.4. The Morgan fingerprint density at radius 3 is 2.79 bits per heavy atom. The second-order valence-corrected chi connectivity index (χ2v) is 4.88. The molecule has 0 radical (unpaired) electrons. The minimum absolute atomic E-state index is 0.352. The predicted molar refractivity (Wildman–Crippen MR) is 71.7 cm³/mol. The molecule has 0 aromatic carbocycles. The van der Waals surface area contributed by atoms with E-state index in [1.807, 2.05) is 26.8 Å². The number of nitriles is 1. The van der Waals surface area contributed by atoms with Crippen molar-refractivity contribution in [3.8, 4) is 6.07 Å². The number of carbonyl (C=O) groups is 1. The van der Waals surface area contributed by atoms with E-state index in [4.69, 9.17) is 10.00 Å². The average Bonchev–Trinajstić information content (AvgIpc) is 2.33. The van der Waals surface area contributed by atoms with Crippen LogP contribution in [0.1, 0.15) is 26.5 Å². The van der Waals surface area contributed by atoms with Crippen molar-refractivity contribution in [2.24, 2.45) is 0 Å². The molecule has 1 aromatic rings. The van der Waals surface area contributed by atoms with Crippen molar-refractivity contribution >= 4 is 11.9 Å². The number of nitrogens with one attached hydrogen (secondary N) is 2. The van der Waals surface area contributed by atoms with E-state index in [-0.39, 0.29) is 0 Å². The number of amides is 1. The summed E-state index contributed by atoms with van der Waals surface area (Å²) in [5.41, 5.74) is -0.148. The molecule has 6 heteroatoms. The molecule has 0 aliphatic heterocycles. The van der Waals surface area contributed by atoms with Gasteiger partial charge in [0.1, 0.15) is 23.2 Å². The molecule has 0 aliphatic carbocycles. The number of anilines is 1. The van der Waals surface area contributed by atoms with Crippen LogP contribution in [-0.2, 0) is 4.74 Å². The molecule has 102 valence electrons. The molecular formula is C13H18N4O2. The van der Waals surface area contributed by atoms with Gasteiger partial charge in [0.15, 0.2) is 0 Å². The third-order valence-electron chi connectivity index (χ3n) is 1.96. The SMILES string of the molecule is CC(C)(C)OC(=O)NCCNc1cccc(C#N)n1. The van der Waals surface area contributed by atoms with Gasteiger partial charge in [-0.1, -0.05) is 6.07 Å². The summed E-state index contributed by atoms with van der Waals surface area (Å²) in [5, 5.41) is 14.3. The summed E-state index contributed by atoms with van der Waals surface area (Å²) in [6.45, 7) is 6.33. The van der Waals surface area contributed by atoms with Crippen LogP contribution in [-0.4, -0.2) is 29.8 Å². The van der Waals surface area contributed by atoms with Crippen LogP contribution in [0.2, 0.25) is 0 Å². The van der Waals surface area contributed by atoms with Crippen molar-refractivity contribution in [3.05, 3.63) is 23.9 Å². The van der Waals surface area contributed by atoms with Crippen LogP contribution in [0.5, 0.6) is 0 Å². The molecule has 0 atom stereocenters. The molecule has 19 heavy (non-hydrogen) atoms. The van der Waals surface area contributed by atoms with E-state index >= 15 is 0 Å². The molecule has 0 saturated carbocycles. The van der Waals surface area contributed by atoms with E-state index in [1.165, 1.54) is 0 Å². The Hall–Kier alpha value is -2.29. The highest BCUT2D eigenvalue weighted by atomic mass is 16.6. The van der Waals surface area contributed by atoms with E-state index in [0.717, 1.165) is 0 Å². The molecule has 6 nitrogen and oxygen atoms in total. The summed E-state index contributed by atoms with van der Waals surface area (Å²) in [7, 11) is 0. The van der Waals surface area contributed by atoms with Gasteiger partial charge in [0.25, 0.3) is 0 Å². The summed E-state index contributed by atoms with van der Waals surface area (Å²) < 4.78 is 5.09. The third-order valence-corrected chi connectivity index (χ3v) is 1.96. The Morgan fingerprint density at radius 2 is 2.16 bits per heavy atom. The maximum Gasteiger partial charge on any atom is 0.407 e. The summed E-state index contributed by atoms with van der Waals surface area (Å²) in [4.78, 5) is 15.4. The largest absolute Gasteiger partial charge is 0.444 e. The number of ether oxygens (including phenoxy) is 1. The van der Waals surface area contributed by atoms with Gasteiger partial charge in [-0.25, -0.2) is 9.78 Å². The topological polar surface area (TPSA) is 87.0 Å². The lowest BCUT2D eigenvalue weighted by Crippen LogP contribution is -2.35. The van der Waals surface area contributed by atoms with E-state index < -0.39 is 11.7 Å². The fourth-order valence-electron chi connectivity index (χ4n) is 1.26. The molecule has 1 rings (SSSR count). The molecule has 0 saturated heterocycles. The first-order valence-electron chi connectivity index (χ1n) is 5.98. The maximum absolute atomic E-state index is 11.4. The van der Waals surface area contributed by atoms with Gasteiger partial charge >= 0.3 is 6.09 Å². The molecule has 0 spiro atoms. The Morgan fingerprint density at radius 1 is 1.42 bits per heavy atom. The summed E-state index contributed by atoms with van der Waals surface area (Å²) in [5.74, 6) is 0.602. The van der Waals surface area contributed by atoms with Gasteiger partial charge in [0, 0.05) is 13.1 Å². The molecule has 2 N–H and O–H groups in total. The zero-order chi connectivity index (χ0) is 14.3. The highest BCUT2D eigenvalue weighted by Crippen LogP contribution is 2.06. The first-order valence-corrected chi connectivity index (χ1v) is 5.98. The number of hydrogen-bond donors (Lipinski definition) is 2. The Balaban J connectivity index is 2.28. The van der Waals surface area contributed by atoms with Gasteiger partial charge in [-0.15, -0.1) is 0 Å². The minimum atomic E-state index is -0.500. The first-order chi connectivity index (χ1) is 8.90. The quantitative estimate of drug-likeness (QED) is 0.809. The lowest BCUT2D eigenvalue weighted by Gasteiger charge is -2.19. The van der Waals surface area contributed by atoms with Gasteiger partial charge in [0.05, 0.1) is 0 Å². The van der Waals surface area contributed by atoms with Crippen molar-refractivity contribution in [2.45, 2.75) is 26.4 Å². The molecule has 1 aromatic heterocycles. The van der Waals surface area contributed by atoms with Crippen molar-refractivity contribution in [2.75, 3.05) is 18.4 Å². The molecule has 0 fully saturated rings. The van der Waals surface area contributed by atoms with Crippen LogP contribution < -0.4 is 10.6 Å². The van der Waals surface area contributed by atoms with E-state index in [0.29, 0.717) is 24.6 Å². The number of aromatic nitrogens is 1. The van der Waals surface area contributed by atoms with Gasteiger partial charge in [-0.3, -0.25) is 0 Å². The predicted octanol–water partition coefficient (Wildman–Crippen LogP) is 1.89. The van der Waals surface area contributed by atoms with Crippen LogP contribution in [0.15, 0.2) is 18.2 Å². The molecule has 0 unspecified atom stereocenters. The van der Waals surface area contributed by atoms with Crippen LogP contribution in [0.4, 0.5) is 10.6 Å². The number of hydrogen-bond acceptors (Lipinski definition) is 5. The van der Waals surface area contributed by atoms with Crippen molar-refractivity contribution in [1.29, 1.82) is 5.26 Å². The van der Waals surface area contributed by atoms with Gasteiger partial charge in [0.2, 0.25) is 0 Å². The fraction of sp³-hybridized carbons (Fsp3) is 0.462. The van der Waals surface area contributed by atoms with Crippen LogP contribution >= 0.6 is 0 Å². The van der Waals surface area contributed by atoms with Crippen LogP contribution in [0.25, 0.3) is 0 Å². The monoisotopic (exact) mass is 262 g/mol. The Kier molecular flexibility index (Phi) is 5.12. The first kappa shape index (κ1) is 14.8. The smallest absolute Gasteiger partial charge is 0.407 e. The zero-order valence-corrected chi connectivity index (χ0v) is 11.4. The lowest BCUT2D eigenvalue weighted by atomic mass is 10.2. The molecule has 0 aliphatic rings. The summed E-state index contributed by atoms with van der Waals surface area (Å²) in [6, 6.07) is 7.09. The number of alkyl carbamates (subject to hydrolysis) is 1.